The topological polar surface area (TPSA) is 26.3 Å². The standard InChI is InChI=1S/C9H8BrFO2/c1-2-13-7-4-3-6(5-12)9(11)8(7)10/h3-5H,2H2,1H3. The zero-order valence-corrected chi connectivity index (χ0v) is 8.60. The predicted molar refractivity (Wildman–Crippen MR) is 50.7 cm³/mol. The van der Waals surface area contributed by atoms with Crippen molar-refractivity contribution >= 4 is 22.2 Å². The minimum absolute atomic E-state index is 0.0235. The number of hydrogen-bond donors (Lipinski definition) is 0. The molecule has 0 aliphatic carbocycles. The highest BCUT2D eigenvalue weighted by Crippen LogP contribution is 2.29. The van der Waals surface area contributed by atoms with E-state index < -0.39 is 5.82 Å². The molecule has 0 saturated heterocycles. The summed E-state index contributed by atoms with van der Waals surface area (Å²) in [7, 11) is 0. The van der Waals surface area contributed by atoms with E-state index in [9.17, 15) is 9.18 Å². The van der Waals surface area contributed by atoms with E-state index in [4.69, 9.17) is 4.74 Å². The molecule has 0 saturated carbocycles. The molecule has 0 amide bonds. The highest BCUT2D eigenvalue weighted by molar-refractivity contribution is 9.10. The third kappa shape index (κ3) is 2.06. The van der Waals surface area contributed by atoms with Gasteiger partial charge in [0.05, 0.1) is 16.6 Å². The van der Waals surface area contributed by atoms with Crippen molar-refractivity contribution < 1.29 is 13.9 Å². The molecule has 0 aromatic heterocycles. The summed E-state index contributed by atoms with van der Waals surface area (Å²) in [5, 5.41) is 0. The number of ether oxygens (including phenoxy) is 1. The molecule has 0 atom stereocenters. The fourth-order valence-corrected chi connectivity index (χ4v) is 1.38. The fraction of sp³-hybridized carbons (Fsp3) is 0.222. The molecule has 0 fully saturated rings. The van der Waals surface area contributed by atoms with Crippen LogP contribution in [0, 0.1) is 5.82 Å². The number of benzene rings is 1. The Hall–Kier alpha value is -0.900. The Balaban J connectivity index is 3.14. The van der Waals surface area contributed by atoms with E-state index in [1.165, 1.54) is 6.07 Å². The summed E-state index contributed by atoms with van der Waals surface area (Å²) < 4.78 is 18.5. The quantitative estimate of drug-likeness (QED) is 0.767. The monoisotopic (exact) mass is 246 g/mol. The van der Waals surface area contributed by atoms with Crippen molar-refractivity contribution in [3.63, 3.8) is 0 Å². The van der Waals surface area contributed by atoms with E-state index in [-0.39, 0.29) is 10.0 Å². The van der Waals surface area contributed by atoms with Crippen molar-refractivity contribution in [1.29, 1.82) is 0 Å². The van der Waals surface area contributed by atoms with Gasteiger partial charge in [-0.3, -0.25) is 4.79 Å². The average Bonchev–Trinajstić information content (AvgIpc) is 2.14. The van der Waals surface area contributed by atoms with Gasteiger partial charge in [0.1, 0.15) is 5.75 Å². The number of carbonyl (C=O) groups excluding carboxylic acids is 1. The lowest BCUT2D eigenvalue weighted by atomic mass is 10.2. The van der Waals surface area contributed by atoms with Crippen LogP contribution in [0.2, 0.25) is 0 Å². The van der Waals surface area contributed by atoms with Crippen LogP contribution >= 0.6 is 15.9 Å². The minimum atomic E-state index is -0.582. The lowest BCUT2D eigenvalue weighted by molar-refractivity contribution is 0.111. The second-order valence-corrected chi connectivity index (χ2v) is 3.12. The molecular weight excluding hydrogens is 239 g/mol. The maximum atomic E-state index is 13.2. The van der Waals surface area contributed by atoms with Gasteiger partial charge in [-0.05, 0) is 35.0 Å². The molecule has 1 aromatic rings. The van der Waals surface area contributed by atoms with E-state index >= 15 is 0 Å². The van der Waals surface area contributed by atoms with Crippen LogP contribution in [0.1, 0.15) is 17.3 Å². The van der Waals surface area contributed by atoms with Crippen LogP contribution in [0.3, 0.4) is 0 Å². The Bertz CT molecular complexity index is 326. The molecule has 1 rings (SSSR count). The van der Waals surface area contributed by atoms with Crippen molar-refractivity contribution in [3.05, 3.63) is 28.0 Å². The third-order valence-electron chi connectivity index (χ3n) is 1.50. The summed E-state index contributed by atoms with van der Waals surface area (Å²) in [6, 6.07) is 2.94. The zero-order chi connectivity index (χ0) is 9.84. The first-order valence-corrected chi connectivity index (χ1v) is 4.56. The molecule has 0 N–H and O–H groups in total. The smallest absolute Gasteiger partial charge is 0.153 e. The van der Waals surface area contributed by atoms with Gasteiger partial charge in [0.25, 0.3) is 0 Å². The maximum absolute atomic E-state index is 13.2. The first-order chi connectivity index (χ1) is 6.20. The number of rotatable bonds is 3. The highest BCUT2D eigenvalue weighted by Gasteiger charge is 2.10. The van der Waals surface area contributed by atoms with Crippen LogP contribution in [0.5, 0.6) is 5.75 Å². The Morgan fingerprint density at radius 1 is 1.62 bits per heavy atom. The Morgan fingerprint density at radius 2 is 2.31 bits per heavy atom. The van der Waals surface area contributed by atoms with E-state index in [2.05, 4.69) is 15.9 Å². The van der Waals surface area contributed by atoms with Crippen molar-refractivity contribution in [2.75, 3.05) is 6.61 Å². The Morgan fingerprint density at radius 3 is 2.85 bits per heavy atom. The molecule has 0 aliphatic heterocycles. The normalized spacial score (nSPS) is 9.77. The Kier molecular flexibility index (Phi) is 3.42. The van der Waals surface area contributed by atoms with Crippen molar-refractivity contribution in [2.45, 2.75) is 6.92 Å². The lowest BCUT2D eigenvalue weighted by Gasteiger charge is -2.06. The predicted octanol–water partition coefficient (Wildman–Crippen LogP) is 2.80. The molecule has 0 heterocycles. The van der Waals surface area contributed by atoms with Gasteiger partial charge in [0, 0.05) is 0 Å². The molecular formula is C9H8BrFO2. The second-order valence-electron chi connectivity index (χ2n) is 2.33. The molecule has 0 spiro atoms. The Labute approximate surface area is 83.8 Å². The maximum Gasteiger partial charge on any atom is 0.153 e. The van der Waals surface area contributed by atoms with Crippen LogP contribution in [0.4, 0.5) is 4.39 Å². The molecule has 4 heteroatoms. The van der Waals surface area contributed by atoms with Gasteiger partial charge in [-0.25, -0.2) is 4.39 Å². The zero-order valence-electron chi connectivity index (χ0n) is 7.01. The molecule has 0 aliphatic rings. The molecule has 13 heavy (non-hydrogen) atoms. The largest absolute Gasteiger partial charge is 0.493 e. The first kappa shape index (κ1) is 10.2. The van der Waals surface area contributed by atoms with Gasteiger partial charge < -0.3 is 4.74 Å². The van der Waals surface area contributed by atoms with Crippen molar-refractivity contribution in [1.82, 2.24) is 0 Å². The average molecular weight is 247 g/mol. The van der Waals surface area contributed by atoms with E-state index in [1.54, 1.807) is 13.0 Å². The summed E-state index contributed by atoms with van der Waals surface area (Å²) >= 11 is 3.01. The number of hydrogen-bond acceptors (Lipinski definition) is 2. The van der Waals surface area contributed by atoms with Gasteiger partial charge in [0.15, 0.2) is 12.1 Å². The number of halogens is 2. The van der Waals surface area contributed by atoms with Crippen LogP contribution in [-0.4, -0.2) is 12.9 Å². The second kappa shape index (κ2) is 4.37. The van der Waals surface area contributed by atoms with Gasteiger partial charge in [-0.2, -0.15) is 0 Å². The van der Waals surface area contributed by atoms with Gasteiger partial charge >= 0.3 is 0 Å². The lowest BCUT2D eigenvalue weighted by Crippen LogP contribution is -1.96. The summed E-state index contributed by atoms with van der Waals surface area (Å²) in [5.74, 6) is -0.174. The summed E-state index contributed by atoms with van der Waals surface area (Å²) in [5.41, 5.74) is 0.0235. The molecule has 0 radical (unpaired) electrons. The van der Waals surface area contributed by atoms with Crippen LogP contribution in [-0.2, 0) is 0 Å². The van der Waals surface area contributed by atoms with E-state index in [0.717, 1.165) is 0 Å². The summed E-state index contributed by atoms with van der Waals surface area (Å²) in [6.45, 7) is 2.26. The van der Waals surface area contributed by atoms with Crippen LogP contribution < -0.4 is 4.74 Å². The number of aldehydes is 1. The SMILES string of the molecule is CCOc1ccc(C=O)c(F)c1Br. The molecule has 2 nitrogen and oxygen atoms in total. The third-order valence-corrected chi connectivity index (χ3v) is 2.24. The van der Waals surface area contributed by atoms with Gasteiger partial charge in [0.2, 0.25) is 0 Å². The van der Waals surface area contributed by atoms with Crippen molar-refractivity contribution in [2.24, 2.45) is 0 Å². The summed E-state index contributed by atoms with van der Waals surface area (Å²) in [4.78, 5) is 10.3. The van der Waals surface area contributed by atoms with E-state index in [0.29, 0.717) is 18.6 Å². The van der Waals surface area contributed by atoms with Crippen LogP contribution in [0.25, 0.3) is 0 Å². The van der Waals surface area contributed by atoms with Crippen LogP contribution in [0.15, 0.2) is 16.6 Å². The molecule has 70 valence electrons. The first-order valence-electron chi connectivity index (χ1n) is 3.76. The van der Waals surface area contributed by atoms with Crippen molar-refractivity contribution in [3.8, 4) is 5.75 Å². The van der Waals surface area contributed by atoms with Gasteiger partial charge in [-0.1, -0.05) is 0 Å². The molecule has 0 bridgehead atoms. The molecule has 1 aromatic carbocycles. The number of carbonyl (C=O) groups is 1. The van der Waals surface area contributed by atoms with Gasteiger partial charge in [-0.15, -0.1) is 0 Å². The molecule has 0 unspecified atom stereocenters. The van der Waals surface area contributed by atoms with E-state index in [1.807, 2.05) is 0 Å². The highest BCUT2D eigenvalue weighted by atomic mass is 79.9. The fourth-order valence-electron chi connectivity index (χ4n) is 0.905. The minimum Gasteiger partial charge on any atom is -0.493 e. The summed E-state index contributed by atoms with van der Waals surface area (Å²) in [6.07, 6.45) is 0.468.